The average Bonchev–Trinajstić information content (AvgIpc) is 3.44. The van der Waals surface area contributed by atoms with Gasteiger partial charge in [0.05, 0.1) is 28.0 Å². The lowest BCUT2D eigenvalue weighted by atomic mass is 10.2. The number of para-hydroxylation sites is 2. The van der Waals surface area contributed by atoms with Crippen LogP contribution in [0.2, 0.25) is 0 Å². The molecular weight excluding hydrogens is 450 g/mol. The SMILES string of the molecule is CCCn1c(=O)c2ccccc2n2c(SCC(=O)Nc3cc(C)nn3-c3ccccc3)nnc12. The zero-order valence-electron chi connectivity index (χ0n) is 18.8. The number of rotatable bonds is 7. The summed E-state index contributed by atoms with van der Waals surface area (Å²) in [6.07, 6.45) is 0.792. The molecule has 2 aromatic carbocycles. The molecule has 172 valence electrons. The molecule has 5 rings (SSSR count). The van der Waals surface area contributed by atoms with Crippen LogP contribution in [0.25, 0.3) is 22.4 Å². The first-order valence-corrected chi connectivity index (χ1v) is 12.0. The minimum atomic E-state index is -0.190. The molecule has 0 radical (unpaired) electrons. The Kier molecular flexibility index (Phi) is 5.89. The third-order valence-electron chi connectivity index (χ3n) is 5.36. The molecule has 0 saturated carbocycles. The van der Waals surface area contributed by atoms with Gasteiger partial charge < -0.3 is 5.32 Å². The summed E-state index contributed by atoms with van der Waals surface area (Å²) in [6, 6.07) is 18.9. The summed E-state index contributed by atoms with van der Waals surface area (Å²) >= 11 is 1.27. The molecule has 0 fully saturated rings. The Hall–Kier alpha value is -3.92. The topological polar surface area (TPSA) is 99.1 Å². The molecule has 1 amide bonds. The number of nitrogens with zero attached hydrogens (tertiary/aromatic N) is 6. The highest BCUT2D eigenvalue weighted by atomic mass is 32.2. The second-order valence-corrected chi connectivity index (χ2v) is 8.79. The highest BCUT2D eigenvalue weighted by Crippen LogP contribution is 2.23. The Labute approximate surface area is 199 Å². The van der Waals surface area contributed by atoms with Gasteiger partial charge in [-0.25, -0.2) is 4.68 Å². The molecule has 1 N–H and O–H groups in total. The van der Waals surface area contributed by atoms with Crippen molar-refractivity contribution in [2.24, 2.45) is 0 Å². The van der Waals surface area contributed by atoms with Gasteiger partial charge in [0.25, 0.3) is 5.56 Å². The predicted octanol–water partition coefficient (Wildman–Crippen LogP) is 3.68. The lowest BCUT2D eigenvalue weighted by Crippen LogP contribution is -2.23. The number of hydrogen-bond donors (Lipinski definition) is 1. The van der Waals surface area contributed by atoms with Gasteiger partial charge in [0.1, 0.15) is 5.82 Å². The number of carbonyl (C=O) groups excluding carboxylic acids is 1. The van der Waals surface area contributed by atoms with E-state index in [1.165, 1.54) is 11.8 Å². The number of aromatic nitrogens is 6. The van der Waals surface area contributed by atoms with Crippen molar-refractivity contribution in [1.29, 1.82) is 0 Å². The third kappa shape index (κ3) is 3.96. The molecule has 34 heavy (non-hydrogen) atoms. The molecule has 0 bridgehead atoms. The summed E-state index contributed by atoms with van der Waals surface area (Å²) in [5.41, 5.74) is 2.30. The minimum Gasteiger partial charge on any atom is -0.310 e. The van der Waals surface area contributed by atoms with Gasteiger partial charge >= 0.3 is 0 Å². The van der Waals surface area contributed by atoms with Crippen molar-refractivity contribution in [1.82, 2.24) is 28.9 Å². The number of nitrogens with one attached hydrogen (secondary N) is 1. The molecule has 3 aromatic heterocycles. The summed E-state index contributed by atoms with van der Waals surface area (Å²) in [5, 5.41) is 17.2. The molecular formula is C24H23N7O2S. The van der Waals surface area contributed by atoms with E-state index in [0.29, 0.717) is 28.7 Å². The molecule has 0 saturated heterocycles. The maximum Gasteiger partial charge on any atom is 0.262 e. The van der Waals surface area contributed by atoms with Gasteiger partial charge in [-0.2, -0.15) is 5.10 Å². The summed E-state index contributed by atoms with van der Waals surface area (Å²) in [6.45, 7) is 4.43. The van der Waals surface area contributed by atoms with Crippen LogP contribution < -0.4 is 10.9 Å². The predicted molar refractivity (Wildman–Crippen MR) is 133 cm³/mol. The molecule has 0 spiro atoms. The molecule has 10 heteroatoms. The van der Waals surface area contributed by atoms with E-state index in [0.717, 1.165) is 23.3 Å². The van der Waals surface area contributed by atoms with E-state index >= 15 is 0 Å². The van der Waals surface area contributed by atoms with Crippen molar-refractivity contribution >= 4 is 40.2 Å². The van der Waals surface area contributed by atoms with Crippen molar-refractivity contribution in [2.45, 2.75) is 32.0 Å². The standard InChI is InChI=1S/C24H23N7O2S/c1-3-13-29-22(33)18-11-7-8-12-19(18)30-23(29)26-27-24(30)34-15-21(32)25-20-14-16(2)28-31(20)17-9-5-4-6-10-17/h4-12,14H,3,13,15H2,1-2H3,(H,25,32). The van der Waals surface area contributed by atoms with Crippen LogP contribution in [0.4, 0.5) is 5.82 Å². The van der Waals surface area contributed by atoms with Crippen LogP contribution in [-0.2, 0) is 11.3 Å². The van der Waals surface area contributed by atoms with Crippen LogP contribution in [0.15, 0.2) is 70.6 Å². The number of anilines is 1. The molecule has 5 aromatic rings. The van der Waals surface area contributed by atoms with Crippen LogP contribution in [0.1, 0.15) is 19.0 Å². The van der Waals surface area contributed by atoms with Crippen molar-refractivity contribution in [3.63, 3.8) is 0 Å². The van der Waals surface area contributed by atoms with Gasteiger partial charge in [0, 0.05) is 12.6 Å². The first kappa shape index (κ1) is 21.9. The van der Waals surface area contributed by atoms with Crippen molar-refractivity contribution in [3.8, 4) is 5.69 Å². The molecule has 0 unspecified atom stereocenters. The van der Waals surface area contributed by atoms with E-state index in [2.05, 4.69) is 20.6 Å². The fourth-order valence-corrected chi connectivity index (χ4v) is 4.66. The summed E-state index contributed by atoms with van der Waals surface area (Å²) in [5.74, 6) is 1.01. The highest BCUT2D eigenvalue weighted by Gasteiger charge is 2.18. The fraction of sp³-hybridized carbons (Fsp3) is 0.208. The van der Waals surface area contributed by atoms with Crippen LogP contribution in [-0.4, -0.2) is 40.6 Å². The highest BCUT2D eigenvalue weighted by molar-refractivity contribution is 7.99. The van der Waals surface area contributed by atoms with Crippen LogP contribution in [0.3, 0.4) is 0 Å². The first-order valence-electron chi connectivity index (χ1n) is 11.0. The molecule has 3 heterocycles. The van der Waals surface area contributed by atoms with E-state index < -0.39 is 0 Å². The normalized spacial score (nSPS) is 11.4. The summed E-state index contributed by atoms with van der Waals surface area (Å²) in [4.78, 5) is 25.8. The zero-order valence-corrected chi connectivity index (χ0v) is 19.6. The van der Waals surface area contributed by atoms with Crippen LogP contribution in [0.5, 0.6) is 0 Å². The second kappa shape index (κ2) is 9.14. The number of amides is 1. The zero-order chi connectivity index (χ0) is 23.7. The number of thioether (sulfide) groups is 1. The van der Waals surface area contributed by atoms with Gasteiger partial charge in [-0.3, -0.25) is 18.6 Å². The van der Waals surface area contributed by atoms with E-state index in [1.807, 2.05) is 72.8 Å². The number of hydrogen-bond acceptors (Lipinski definition) is 6. The minimum absolute atomic E-state index is 0.0869. The number of benzene rings is 2. The lowest BCUT2D eigenvalue weighted by Gasteiger charge is -2.10. The molecule has 9 nitrogen and oxygen atoms in total. The van der Waals surface area contributed by atoms with Gasteiger partial charge in [-0.1, -0.05) is 49.0 Å². The molecule has 0 atom stereocenters. The molecule has 0 aliphatic rings. The van der Waals surface area contributed by atoms with E-state index in [9.17, 15) is 9.59 Å². The Balaban J connectivity index is 1.43. The Morgan fingerprint density at radius 2 is 1.82 bits per heavy atom. The number of carbonyl (C=O) groups is 1. The van der Waals surface area contributed by atoms with E-state index in [4.69, 9.17) is 0 Å². The lowest BCUT2D eigenvalue weighted by molar-refractivity contribution is -0.113. The second-order valence-electron chi connectivity index (χ2n) is 7.85. The van der Waals surface area contributed by atoms with Gasteiger partial charge in [-0.15, -0.1) is 10.2 Å². The summed E-state index contributed by atoms with van der Waals surface area (Å²) < 4.78 is 5.20. The Bertz CT molecular complexity index is 1550. The number of fused-ring (bicyclic) bond motifs is 3. The largest absolute Gasteiger partial charge is 0.310 e. The van der Waals surface area contributed by atoms with Crippen molar-refractivity contribution in [2.75, 3.05) is 11.1 Å². The Morgan fingerprint density at radius 3 is 2.62 bits per heavy atom. The maximum atomic E-state index is 13.0. The third-order valence-corrected chi connectivity index (χ3v) is 6.29. The quantitative estimate of drug-likeness (QED) is 0.362. The van der Waals surface area contributed by atoms with Gasteiger partial charge in [0.15, 0.2) is 5.16 Å². The van der Waals surface area contributed by atoms with Gasteiger partial charge in [-0.05, 0) is 37.6 Å². The summed E-state index contributed by atoms with van der Waals surface area (Å²) in [7, 11) is 0. The monoisotopic (exact) mass is 473 g/mol. The van der Waals surface area contributed by atoms with Crippen LogP contribution >= 0.6 is 11.8 Å². The Morgan fingerprint density at radius 1 is 1.06 bits per heavy atom. The molecule has 0 aliphatic carbocycles. The van der Waals surface area contributed by atoms with E-state index in [-0.39, 0.29) is 17.2 Å². The first-order chi connectivity index (χ1) is 16.6. The van der Waals surface area contributed by atoms with E-state index in [1.54, 1.807) is 15.3 Å². The van der Waals surface area contributed by atoms with Crippen molar-refractivity contribution in [3.05, 3.63) is 76.7 Å². The smallest absolute Gasteiger partial charge is 0.262 e. The van der Waals surface area contributed by atoms with Gasteiger partial charge in [0.2, 0.25) is 11.7 Å². The molecule has 0 aliphatic heterocycles. The average molecular weight is 474 g/mol. The maximum absolute atomic E-state index is 13.0. The fourth-order valence-electron chi connectivity index (χ4n) is 3.92. The van der Waals surface area contributed by atoms with Crippen molar-refractivity contribution < 1.29 is 4.79 Å². The number of aryl methyl sites for hydroxylation is 2. The van der Waals surface area contributed by atoms with Crippen LogP contribution in [0, 0.1) is 6.92 Å².